The molecule has 1 nitrogen and oxygen atoms in total. The van der Waals surface area contributed by atoms with E-state index >= 15 is 0 Å². The minimum absolute atomic E-state index is 0.394. The molecule has 1 saturated carbocycles. The highest BCUT2D eigenvalue weighted by Crippen LogP contribution is 2.36. The van der Waals surface area contributed by atoms with Crippen molar-refractivity contribution in [2.24, 2.45) is 5.92 Å². The second kappa shape index (κ2) is 4.92. The molecule has 1 atom stereocenters. The maximum absolute atomic E-state index is 3.80. The van der Waals surface area contributed by atoms with Crippen LogP contribution in [0, 0.1) is 5.92 Å². The molecule has 1 aliphatic rings. The normalized spacial score (nSPS) is 17.5. The van der Waals surface area contributed by atoms with Crippen LogP contribution in [0.2, 0.25) is 0 Å². The molecule has 17 heavy (non-hydrogen) atoms. The van der Waals surface area contributed by atoms with Gasteiger partial charge in [0.2, 0.25) is 0 Å². The predicted octanol–water partition coefficient (Wildman–Crippen LogP) is 4.29. The Labute approximate surface area is 111 Å². The Hall–Kier alpha value is -0.640. The molecule has 0 spiro atoms. The van der Waals surface area contributed by atoms with Gasteiger partial charge in [0, 0.05) is 15.8 Å². The first-order valence-electron chi connectivity index (χ1n) is 6.17. The number of thiophene rings is 2. The van der Waals surface area contributed by atoms with Crippen LogP contribution < -0.4 is 5.32 Å². The van der Waals surface area contributed by atoms with E-state index in [1.54, 1.807) is 0 Å². The molecular formula is C14H17NS2. The molecule has 0 amide bonds. The molecule has 0 aromatic carbocycles. The van der Waals surface area contributed by atoms with Crippen molar-refractivity contribution in [3.8, 4) is 0 Å². The van der Waals surface area contributed by atoms with Crippen molar-refractivity contribution < 1.29 is 0 Å². The largest absolute Gasteiger partial charge is 0.302 e. The standard InChI is InChI=1S/C14H17NS2/c1-10(11-6-7-11)15-14(12-4-2-8-16-12)13-5-3-9-17-13/h2-5,8-11,14-15H,6-7H2,1H3. The molecule has 0 aliphatic heterocycles. The van der Waals surface area contributed by atoms with Crippen LogP contribution in [-0.2, 0) is 0 Å². The number of hydrogen-bond donors (Lipinski definition) is 1. The van der Waals surface area contributed by atoms with Crippen molar-refractivity contribution in [2.75, 3.05) is 0 Å². The summed E-state index contributed by atoms with van der Waals surface area (Å²) in [5.74, 6) is 0.900. The fourth-order valence-electron chi connectivity index (χ4n) is 2.21. The molecule has 1 aliphatic carbocycles. The van der Waals surface area contributed by atoms with E-state index < -0.39 is 0 Å². The smallest absolute Gasteiger partial charge is 0.0766 e. The second-order valence-electron chi connectivity index (χ2n) is 4.76. The van der Waals surface area contributed by atoms with Gasteiger partial charge < -0.3 is 5.32 Å². The van der Waals surface area contributed by atoms with Crippen molar-refractivity contribution in [3.05, 3.63) is 44.8 Å². The van der Waals surface area contributed by atoms with Gasteiger partial charge in [-0.2, -0.15) is 0 Å². The van der Waals surface area contributed by atoms with Gasteiger partial charge in [0.15, 0.2) is 0 Å². The summed E-state index contributed by atoms with van der Waals surface area (Å²) in [5, 5.41) is 8.14. The quantitative estimate of drug-likeness (QED) is 0.848. The van der Waals surface area contributed by atoms with Crippen LogP contribution in [0.1, 0.15) is 35.6 Å². The number of rotatable bonds is 5. The lowest BCUT2D eigenvalue weighted by Crippen LogP contribution is -2.31. The van der Waals surface area contributed by atoms with Crippen molar-refractivity contribution in [2.45, 2.75) is 31.8 Å². The molecule has 3 heteroatoms. The lowest BCUT2D eigenvalue weighted by atomic mass is 10.1. The fourth-order valence-corrected chi connectivity index (χ4v) is 3.89. The zero-order valence-electron chi connectivity index (χ0n) is 9.93. The van der Waals surface area contributed by atoms with Crippen LogP contribution in [-0.4, -0.2) is 6.04 Å². The van der Waals surface area contributed by atoms with Gasteiger partial charge in [-0.1, -0.05) is 12.1 Å². The summed E-state index contributed by atoms with van der Waals surface area (Å²) in [6.45, 7) is 2.33. The van der Waals surface area contributed by atoms with Gasteiger partial charge in [0.1, 0.15) is 0 Å². The van der Waals surface area contributed by atoms with Crippen LogP contribution in [0.4, 0.5) is 0 Å². The fraction of sp³-hybridized carbons (Fsp3) is 0.429. The van der Waals surface area contributed by atoms with E-state index in [4.69, 9.17) is 0 Å². The summed E-state index contributed by atoms with van der Waals surface area (Å²) in [6, 6.07) is 9.78. The predicted molar refractivity (Wildman–Crippen MR) is 75.8 cm³/mol. The van der Waals surface area contributed by atoms with E-state index in [1.807, 2.05) is 22.7 Å². The van der Waals surface area contributed by atoms with E-state index in [-0.39, 0.29) is 0 Å². The lowest BCUT2D eigenvalue weighted by molar-refractivity contribution is 0.464. The third-order valence-electron chi connectivity index (χ3n) is 3.41. The van der Waals surface area contributed by atoms with Crippen molar-refractivity contribution >= 4 is 22.7 Å². The van der Waals surface area contributed by atoms with Gasteiger partial charge in [-0.3, -0.25) is 0 Å². The molecule has 0 radical (unpaired) electrons. The van der Waals surface area contributed by atoms with Crippen LogP contribution in [0.15, 0.2) is 35.0 Å². The first-order valence-corrected chi connectivity index (χ1v) is 7.93. The van der Waals surface area contributed by atoms with Crippen molar-refractivity contribution in [1.82, 2.24) is 5.32 Å². The molecule has 0 bridgehead atoms. The van der Waals surface area contributed by atoms with Crippen molar-refractivity contribution in [3.63, 3.8) is 0 Å². The van der Waals surface area contributed by atoms with E-state index in [9.17, 15) is 0 Å². The topological polar surface area (TPSA) is 12.0 Å². The summed E-state index contributed by atoms with van der Waals surface area (Å²) in [6.07, 6.45) is 2.80. The average Bonchev–Trinajstić information content (AvgIpc) is 2.84. The molecule has 3 rings (SSSR count). The monoisotopic (exact) mass is 263 g/mol. The van der Waals surface area contributed by atoms with Gasteiger partial charge in [-0.25, -0.2) is 0 Å². The summed E-state index contributed by atoms with van der Waals surface area (Å²) >= 11 is 3.70. The van der Waals surface area contributed by atoms with Crippen LogP contribution >= 0.6 is 22.7 Å². The number of hydrogen-bond acceptors (Lipinski definition) is 3. The Morgan fingerprint density at radius 3 is 2.12 bits per heavy atom. The Morgan fingerprint density at radius 2 is 1.71 bits per heavy atom. The van der Waals surface area contributed by atoms with Crippen LogP contribution in [0.25, 0.3) is 0 Å². The second-order valence-corrected chi connectivity index (χ2v) is 6.72. The Morgan fingerprint density at radius 1 is 1.12 bits per heavy atom. The zero-order chi connectivity index (χ0) is 11.7. The minimum Gasteiger partial charge on any atom is -0.302 e. The summed E-state index contributed by atoms with van der Waals surface area (Å²) < 4.78 is 0. The molecule has 2 heterocycles. The first kappa shape index (κ1) is 11.5. The van der Waals surface area contributed by atoms with Gasteiger partial charge >= 0.3 is 0 Å². The SMILES string of the molecule is CC(NC(c1cccs1)c1cccs1)C1CC1. The summed E-state index contributed by atoms with van der Waals surface area (Å²) in [5.41, 5.74) is 0. The number of nitrogens with one attached hydrogen (secondary N) is 1. The van der Waals surface area contributed by atoms with Gasteiger partial charge in [0.25, 0.3) is 0 Å². The maximum atomic E-state index is 3.80. The van der Waals surface area contributed by atoms with E-state index in [0.717, 1.165) is 5.92 Å². The highest BCUT2D eigenvalue weighted by atomic mass is 32.1. The van der Waals surface area contributed by atoms with Gasteiger partial charge in [-0.05, 0) is 48.6 Å². The van der Waals surface area contributed by atoms with E-state index in [2.05, 4.69) is 47.3 Å². The van der Waals surface area contributed by atoms with Crippen molar-refractivity contribution in [1.29, 1.82) is 0 Å². The third kappa shape index (κ3) is 2.62. The lowest BCUT2D eigenvalue weighted by Gasteiger charge is -2.21. The van der Waals surface area contributed by atoms with Crippen LogP contribution in [0.5, 0.6) is 0 Å². The molecular weight excluding hydrogens is 246 g/mol. The highest BCUT2D eigenvalue weighted by molar-refractivity contribution is 7.11. The Balaban J connectivity index is 1.81. The third-order valence-corrected chi connectivity index (χ3v) is 5.29. The van der Waals surface area contributed by atoms with Gasteiger partial charge in [-0.15, -0.1) is 22.7 Å². The van der Waals surface area contributed by atoms with Crippen LogP contribution in [0.3, 0.4) is 0 Å². The zero-order valence-corrected chi connectivity index (χ0v) is 11.6. The van der Waals surface area contributed by atoms with E-state index in [1.165, 1.54) is 22.6 Å². The molecule has 0 saturated heterocycles. The highest BCUT2D eigenvalue weighted by Gasteiger charge is 2.30. The van der Waals surface area contributed by atoms with E-state index in [0.29, 0.717) is 12.1 Å². The molecule has 1 unspecified atom stereocenters. The van der Waals surface area contributed by atoms with Gasteiger partial charge in [0.05, 0.1) is 6.04 Å². The summed E-state index contributed by atoms with van der Waals surface area (Å²) in [7, 11) is 0. The molecule has 90 valence electrons. The molecule has 2 aromatic heterocycles. The minimum atomic E-state index is 0.394. The Bertz CT molecular complexity index is 408. The average molecular weight is 263 g/mol. The maximum Gasteiger partial charge on any atom is 0.0766 e. The molecule has 1 N–H and O–H groups in total. The molecule has 2 aromatic rings. The Kier molecular flexibility index (Phi) is 3.32. The first-order chi connectivity index (χ1) is 8.34. The molecule has 1 fully saturated rings. The summed E-state index contributed by atoms with van der Waals surface area (Å²) in [4.78, 5) is 2.86.